The van der Waals surface area contributed by atoms with Crippen LogP contribution in [0.15, 0.2) is 91.3 Å². The number of amides is 1. The van der Waals surface area contributed by atoms with Crippen molar-refractivity contribution in [2.75, 3.05) is 5.32 Å². The van der Waals surface area contributed by atoms with Crippen molar-refractivity contribution in [1.82, 2.24) is 15.3 Å². The van der Waals surface area contributed by atoms with Crippen molar-refractivity contribution in [3.05, 3.63) is 108 Å². The van der Waals surface area contributed by atoms with Crippen LogP contribution in [0.2, 0.25) is 0 Å². The number of halogens is 1. The molecule has 0 saturated carbocycles. The number of aromatic nitrogens is 2. The van der Waals surface area contributed by atoms with Crippen molar-refractivity contribution >= 4 is 17.4 Å². The highest BCUT2D eigenvalue weighted by atomic mass is 19.1. The Morgan fingerprint density at radius 3 is 2.33 bits per heavy atom. The maximum atomic E-state index is 13.1. The first-order valence-electron chi connectivity index (χ1n) is 9.44. The number of hydrogen-bond acceptors (Lipinski definition) is 4. The zero-order valence-electron chi connectivity index (χ0n) is 16.0. The Morgan fingerprint density at radius 2 is 1.60 bits per heavy atom. The summed E-state index contributed by atoms with van der Waals surface area (Å²) in [4.78, 5) is 20.8. The average molecular weight is 398 g/mol. The molecule has 0 fully saturated rings. The van der Waals surface area contributed by atoms with E-state index in [1.54, 1.807) is 30.3 Å². The molecule has 0 saturated heterocycles. The van der Waals surface area contributed by atoms with Crippen molar-refractivity contribution < 1.29 is 9.18 Å². The Balaban J connectivity index is 1.40. The van der Waals surface area contributed by atoms with Gasteiger partial charge in [0, 0.05) is 29.4 Å². The second kappa shape index (κ2) is 8.96. The molecule has 0 aliphatic heterocycles. The molecule has 0 radical (unpaired) electrons. The van der Waals surface area contributed by atoms with Gasteiger partial charge in [-0.2, -0.15) is 0 Å². The zero-order chi connectivity index (χ0) is 20.8. The monoisotopic (exact) mass is 398 g/mol. The highest BCUT2D eigenvalue weighted by Gasteiger charge is 2.07. The molecule has 1 amide bonds. The first-order valence-corrected chi connectivity index (χ1v) is 9.44. The summed E-state index contributed by atoms with van der Waals surface area (Å²) in [5.74, 6) is 0.177. The molecule has 6 heteroatoms. The van der Waals surface area contributed by atoms with E-state index >= 15 is 0 Å². The molecule has 148 valence electrons. The molecule has 0 spiro atoms. The molecular formula is C24H19FN4O. The molecular weight excluding hydrogens is 379 g/mol. The largest absolute Gasteiger partial charge is 0.348 e. The SMILES string of the molecule is O=C(NCc1ccccc1)c1ccc(Nc2cc(-c3ccc(F)cc3)ncn2)cc1. The van der Waals surface area contributed by atoms with Crippen molar-refractivity contribution in [1.29, 1.82) is 0 Å². The molecule has 0 unspecified atom stereocenters. The molecule has 0 aliphatic carbocycles. The number of carbonyl (C=O) groups excluding carboxylic acids is 1. The Hall–Kier alpha value is -4.06. The molecule has 30 heavy (non-hydrogen) atoms. The van der Waals surface area contributed by atoms with Crippen LogP contribution in [0.4, 0.5) is 15.9 Å². The smallest absolute Gasteiger partial charge is 0.251 e. The molecule has 4 rings (SSSR count). The molecule has 0 atom stereocenters. The van der Waals surface area contributed by atoms with Crippen LogP contribution in [0.1, 0.15) is 15.9 Å². The summed E-state index contributed by atoms with van der Waals surface area (Å²) in [7, 11) is 0. The quantitative estimate of drug-likeness (QED) is 0.482. The van der Waals surface area contributed by atoms with Gasteiger partial charge in [0.2, 0.25) is 0 Å². The molecule has 3 aromatic carbocycles. The van der Waals surface area contributed by atoms with Crippen LogP contribution in [0.5, 0.6) is 0 Å². The van der Waals surface area contributed by atoms with Crippen LogP contribution in [0, 0.1) is 5.82 Å². The lowest BCUT2D eigenvalue weighted by molar-refractivity contribution is 0.0951. The Labute approximate surface area is 173 Å². The lowest BCUT2D eigenvalue weighted by atomic mass is 10.1. The zero-order valence-corrected chi connectivity index (χ0v) is 16.0. The first-order chi connectivity index (χ1) is 14.7. The summed E-state index contributed by atoms with van der Waals surface area (Å²) < 4.78 is 13.1. The maximum Gasteiger partial charge on any atom is 0.251 e. The fourth-order valence-electron chi connectivity index (χ4n) is 2.94. The highest BCUT2D eigenvalue weighted by molar-refractivity contribution is 5.94. The van der Waals surface area contributed by atoms with Crippen molar-refractivity contribution in [3.63, 3.8) is 0 Å². The molecule has 1 aromatic heterocycles. The minimum absolute atomic E-state index is 0.133. The Kier molecular flexibility index (Phi) is 5.75. The summed E-state index contributed by atoms with van der Waals surface area (Å²) in [5.41, 5.74) is 3.89. The molecule has 2 N–H and O–H groups in total. The first kappa shape index (κ1) is 19.3. The van der Waals surface area contributed by atoms with E-state index in [-0.39, 0.29) is 11.7 Å². The van der Waals surface area contributed by atoms with Gasteiger partial charge in [-0.05, 0) is 54.1 Å². The standard InChI is InChI=1S/C24H19FN4O/c25-20-10-6-18(7-11-20)22-14-23(28-16-27-22)29-21-12-8-19(9-13-21)24(30)26-15-17-4-2-1-3-5-17/h1-14,16H,15H2,(H,26,30)(H,27,28,29). The number of carbonyl (C=O) groups is 1. The maximum absolute atomic E-state index is 13.1. The predicted octanol–water partition coefficient (Wildman–Crippen LogP) is 4.96. The highest BCUT2D eigenvalue weighted by Crippen LogP contribution is 2.21. The summed E-state index contributed by atoms with van der Waals surface area (Å²) in [5, 5.41) is 6.10. The second-order valence-electron chi connectivity index (χ2n) is 6.67. The van der Waals surface area contributed by atoms with Gasteiger partial charge >= 0.3 is 0 Å². The third-order valence-electron chi connectivity index (χ3n) is 4.52. The van der Waals surface area contributed by atoms with Crippen LogP contribution in [-0.2, 0) is 6.54 Å². The van der Waals surface area contributed by atoms with E-state index in [1.807, 2.05) is 42.5 Å². The van der Waals surface area contributed by atoms with E-state index in [0.717, 1.165) is 16.8 Å². The lowest BCUT2D eigenvalue weighted by Gasteiger charge is -2.09. The minimum Gasteiger partial charge on any atom is -0.348 e. The van der Waals surface area contributed by atoms with E-state index in [0.29, 0.717) is 23.6 Å². The van der Waals surface area contributed by atoms with E-state index in [9.17, 15) is 9.18 Å². The summed E-state index contributed by atoms with van der Waals surface area (Å²) in [6, 6.07) is 24.8. The molecule has 0 bridgehead atoms. The summed E-state index contributed by atoms with van der Waals surface area (Å²) in [6.45, 7) is 0.479. The van der Waals surface area contributed by atoms with Gasteiger partial charge in [-0.15, -0.1) is 0 Å². The van der Waals surface area contributed by atoms with Crippen molar-refractivity contribution in [2.24, 2.45) is 0 Å². The third kappa shape index (κ3) is 4.86. The van der Waals surface area contributed by atoms with Crippen LogP contribution < -0.4 is 10.6 Å². The molecule has 1 heterocycles. The van der Waals surface area contributed by atoms with Crippen LogP contribution in [0.25, 0.3) is 11.3 Å². The fourth-order valence-corrected chi connectivity index (χ4v) is 2.94. The number of nitrogens with zero attached hydrogens (tertiary/aromatic N) is 2. The average Bonchev–Trinajstić information content (AvgIpc) is 2.79. The third-order valence-corrected chi connectivity index (χ3v) is 4.52. The van der Waals surface area contributed by atoms with Crippen LogP contribution >= 0.6 is 0 Å². The normalized spacial score (nSPS) is 10.4. The van der Waals surface area contributed by atoms with E-state index in [2.05, 4.69) is 20.6 Å². The van der Waals surface area contributed by atoms with Crippen molar-refractivity contribution in [2.45, 2.75) is 6.54 Å². The number of nitrogens with one attached hydrogen (secondary N) is 2. The summed E-state index contributed by atoms with van der Waals surface area (Å²) in [6.07, 6.45) is 1.45. The van der Waals surface area contributed by atoms with Gasteiger partial charge in [0.1, 0.15) is 18.0 Å². The minimum atomic E-state index is -0.293. The topological polar surface area (TPSA) is 66.9 Å². The molecule has 4 aromatic rings. The van der Waals surface area contributed by atoms with Crippen LogP contribution in [-0.4, -0.2) is 15.9 Å². The van der Waals surface area contributed by atoms with E-state index in [4.69, 9.17) is 0 Å². The molecule has 0 aliphatic rings. The van der Waals surface area contributed by atoms with E-state index in [1.165, 1.54) is 18.5 Å². The van der Waals surface area contributed by atoms with Gasteiger partial charge in [-0.3, -0.25) is 4.79 Å². The Morgan fingerprint density at radius 1 is 0.867 bits per heavy atom. The van der Waals surface area contributed by atoms with E-state index < -0.39 is 0 Å². The number of hydrogen-bond donors (Lipinski definition) is 2. The number of anilines is 2. The van der Waals surface area contributed by atoms with Gasteiger partial charge in [0.05, 0.1) is 5.69 Å². The van der Waals surface area contributed by atoms with Crippen molar-refractivity contribution in [3.8, 4) is 11.3 Å². The molecule has 5 nitrogen and oxygen atoms in total. The van der Waals surface area contributed by atoms with Gasteiger partial charge in [0.25, 0.3) is 5.91 Å². The van der Waals surface area contributed by atoms with Gasteiger partial charge in [-0.25, -0.2) is 14.4 Å². The number of rotatable bonds is 6. The Bertz CT molecular complexity index is 1130. The fraction of sp³-hybridized carbons (Fsp3) is 0.0417. The van der Waals surface area contributed by atoms with Gasteiger partial charge in [0.15, 0.2) is 0 Å². The number of benzene rings is 3. The second-order valence-corrected chi connectivity index (χ2v) is 6.67. The summed E-state index contributed by atoms with van der Waals surface area (Å²) >= 11 is 0. The predicted molar refractivity (Wildman–Crippen MR) is 115 cm³/mol. The van der Waals surface area contributed by atoms with Crippen LogP contribution in [0.3, 0.4) is 0 Å². The van der Waals surface area contributed by atoms with Gasteiger partial charge < -0.3 is 10.6 Å². The lowest BCUT2D eigenvalue weighted by Crippen LogP contribution is -2.22. The van der Waals surface area contributed by atoms with Gasteiger partial charge in [-0.1, -0.05) is 30.3 Å².